The second-order valence-electron chi connectivity index (χ2n) is 7.29. The van der Waals surface area contributed by atoms with Crippen LogP contribution in [0, 0.1) is 0 Å². The van der Waals surface area contributed by atoms with Gasteiger partial charge in [0.25, 0.3) is 0 Å². The number of carbonyl (C=O) groups excluding carboxylic acids is 1. The number of fused-ring (bicyclic) bond motifs is 2. The summed E-state index contributed by atoms with van der Waals surface area (Å²) in [7, 11) is 0. The maximum absolute atomic E-state index is 11.4. The molecule has 0 unspecified atom stereocenters. The molecule has 0 fully saturated rings. The first-order valence-corrected chi connectivity index (χ1v) is 10.9. The molecular formula is C25H24ClNO4. The molecule has 0 saturated heterocycles. The van der Waals surface area contributed by atoms with Gasteiger partial charge in [0.05, 0.1) is 18.8 Å². The van der Waals surface area contributed by atoms with Crippen LogP contribution in [-0.2, 0) is 9.53 Å². The van der Waals surface area contributed by atoms with E-state index in [-0.39, 0.29) is 5.97 Å². The Labute approximate surface area is 185 Å². The summed E-state index contributed by atoms with van der Waals surface area (Å²) in [6, 6.07) is 17.6. The number of ether oxygens (including phenoxy) is 2. The molecule has 3 aromatic carbocycles. The molecule has 0 aliphatic heterocycles. The maximum Gasteiger partial charge on any atom is 0.305 e. The number of benzene rings is 3. The van der Waals surface area contributed by atoms with Gasteiger partial charge in [0.1, 0.15) is 11.3 Å². The fourth-order valence-corrected chi connectivity index (χ4v) is 3.65. The molecule has 4 aromatic rings. The molecule has 31 heavy (non-hydrogen) atoms. The van der Waals surface area contributed by atoms with Crippen LogP contribution in [-0.4, -0.2) is 24.2 Å². The Balaban J connectivity index is 1.52. The summed E-state index contributed by atoms with van der Waals surface area (Å²) in [4.78, 5) is 16.1. The van der Waals surface area contributed by atoms with Crippen LogP contribution in [0.4, 0.5) is 0 Å². The lowest BCUT2D eigenvalue weighted by molar-refractivity contribution is -0.143. The molecule has 5 nitrogen and oxygen atoms in total. The zero-order valence-corrected chi connectivity index (χ0v) is 18.2. The lowest BCUT2D eigenvalue weighted by atomic mass is 10.1. The minimum absolute atomic E-state index is 0.142. The van der Waals surface area contributed by atoms with Gasteiger partial charge in [-0.25, -0.2) is 4.98 Å². The fraction of sp³-hybridized carbons (Fsp3) is 0.280. The third kappa shape index (κ3) is 5.17. The Morgan fingerprint density at radius 3 is 2.65 bits per heavy atom. The highest BCUT2D eigenvalue weighted by Crippen LogP contribution is 2.36. The van der Waals surface area contributed by atoms with Crippen molar-refractivity contribution in [2.75, 3.05) is 13.2 Å². The first kappa shape index (κ1) is 21.2. The highest BCUT2D eigenvalue weighted by atomic mass is 35.5. The lowest BCUT2D eigenvalue weighted by Gasteiger charge is -2.11. The SMILES string of the molecule is CCOC(=O)CCCCCOc1cc2ccccc2cc1-c1nc2cc(Cl)ccc2o1. The van der Waals surface area contributed by atoms with Crippen molar-refractivity contribution in [3.05, 3.63) is 59.6 Å². The molecule has 0 bridgehead atoms. The third-order valence-corrected chi connectivity index (χ3v) is 5.25. The fourth-order valence-electron chi connectivity index (χ4n) is 3.49. The summed E-state index contributed by atoms with van der Waals surface area (Å²) >= 11 is 6.10. The predicted molar refractivity (Wildman–Crippen MR) is 123 cm³/mol. The van der Waals surface area contributed by atoms with Crippen molar-refractivity contribution in [3.63, 3.8) is 0 Å². The number of oxazole rings is 1. The summed E-state index contributed by atoms with van der Waals surface area (Å²) in [5, 5.41) is 2.78. The molecule has 0 aliphatic carbocycles. The van der Waals surface area contributed by atoms with Crippen LogP contribution in [0.5, 0.6) is 5.75 Å². The maximum atomic E-state index is 11.4. The quantitative estimate of drug-likeness (QED) is 0.213. The van der Waals surface area contributed by atoms with E-state index in [1.165, 1.54) is 0 Å². The predicted octanol–water partition coefficient (Wildman–Crippen LogP) is 6.80. The summed E-state index contributed by atoms with van der Waals surface area (Å²) in [6.07, 6.45) is 2.97. The summed E-state index contributed by atoms with van der Waals surface area (Å²) in [6.45, 7) is 2.79. The minimum atomic E-state index is -0.142. The van der Waals surface area contributed by atoms with Crippen LogP contribution in [0.1, 0.15) is 32.6 Å². The van der Waals surface area contributed by atoms with Gasteiger partial charge >= 0.3 is 5.97 Å². The van der Waals surface area contributed by atoms with Gasteiger partial charge in [-0.3, -0.25) is 4.79 Å². The van der Waals surface area contributed by atoms with E-state index in [2.05, 4.69) is 17.1 Å². The van der Waals surface area contributed by atoms with Crippen molar-refractivity contribution >= 4 is 39.4 Å². The second-order valence-corrected chi connectivity index (χ2v) is 7.73. The van der Waals surface area contributed by atoms with Crippen LogP contribution in [0.15, 0.2) is 59.0 Å². The number of rotatable bonds is 9. The number of carbonyl (C=O) groups is 1. The standard InChI is InChI=1S/C25H24ClNO4/c1-2-29-24(28)10-4-3-7-13-30-23-15-18-9-6-5-8-17(18)14-20(23)25-27-21-16-19(26)11-12-22(21)31-25/h5-6,8-9,11-12,14-16H,2-4,7,10,13H2,1H3. The highest BCUT2D eigenvalue weighted by Gasteiger charge is 2.15. The topological polar surface area (TPSA) is 61.6 Å². The molecule has 0 radical (unpaired) electrons. The highest BCUT2D eigenvalue weighted by molar-refractivity contribution is 6.31. The molecule has 0 saturated carbocycles. The van der Waals surface area contributed by atoms with Crippen LogP contribution >= 0.6 is 11.6 Å². The van der Waals surface area contributed by atoms with Crippen molar-refractivity contribution in [1.82, 2.24) is 4.98 Å². The zero-order chi connectivity index (χ0) is 21.6. The van der Waals surface area contributed by atoms with Crippen molar-refractivity contribution in [1.29, 1.82) is 0 Å². The van der Waals surface area contributed by atoms with Crippen LogP contribution in [0.2, 0.25) is 5.02 Å². The van der Waals surface area contributed by atoms with Gasteiger partial charge in [-0.1, -0.05) is 35.9 Å². The normalized spacial score (nSPS) is 11.2. The van der Waals surface area contributed by atoms with Gasteiger partial charge in [-0.2, -0.15) is 0 Å². The van der Waals surface area contributed by atoms with E-state index in [1.54, 1.807) is 12.1 Å². The van der Waals surface area contributed by atoms with Crippen molar-refractivity contribution in [2.45, 2.75) is 32.6 Å². The second kappa shape index (κ2) is 9.84. The summed E-state index contributed by atoms with van der Waals surface area (Å²) in [5.41, 5.74) is 2.19. The van der Waals surface area contributed by atoms with Gasteiger partial charge in [0, 0.05) is 11.4 Å². The Morgan fingerprint density at radius 2 is 1.84 bits per heavy atom. The summed E-state index contributed by atoms with van der Waals surface area (Å²) in [5.74, 6) is 1.08. The Bertz CT molecular complexity index is 1200. The van der Waals surface area contributed by atoms with E-state index in [9.17, 15) is 4.79 Å². The van der Waals surface area contributed by atoms with E-state index < -0.39 is 0 Å². The first-order chi connectivity index (χ1) is 15.1. The lowest BCUT2D eigenvalue weighted by Crippen LogP contribution is -2.04. The molecule has 0 amide bonds. The minimum Gasteiger partial charge on any atom is -0.493 e. The number of halogens is 1. The molecule has 0 atom stereocenters. The molecule has 4 rings (SSSR count). The van der Waals surface area contributed by atoms with E-state index in [0.29, 0.717) is 41.6 Å². The number of unbranched alkanes of at least 4 members (excludes halogenated alkanes) is 2. The van der Waals surface area contributed by atoms with E-state index in [1.807, 2.05) is 37.3 Å². The number of nitrogens with zero attached hydrogens (tertiary/aromatic N) is 1. The zero-order valence-electron chi connectivity index (χ0n) is 17.4. The Hall–Kier alpha value is -3.05. The van der Waals surface area contributed by atoms with E-state index in [4.69, 9.17) is 25.5 Å². The number of hydrogen-bond donors (Lipinski definition) is 0. The summed E-state index contributed by atoms with van der Waals surface area (Å²) < 4.78 is 17.1. The molecular weight excluding hydrogens is 414 g/mol. The van der Waals surface area contributed by atoms with E-state index >= 15 is 0 Å². The van der Waals surface area contributed by atoms with Gasteiger partial charge in [-0.05, 0) is 67.3 Å². The monoisotopic (exact) mass is 437 g/mol. The van der Waals surface area contributed by atoms with Gasteiger partial charge in [-0.15, -0.1) is 0 Å². The van der Waals surface area contributed by atoms with Crippen molar-refractivity contribution < 1.29 is 18.7 Å². The Kier molecular flexibility index (Phi) is 6.73. The largest absolute Gasteiger partial charge is 0.493 e. The first-order valence-electron chi connectivity index (χ1n) is 10.5. The molecule has 1 heterocycles. The van der Waals surface area contributed by atoms with Crippen LogP contribution < -0.4 is 4.74 Å². The molecule has 1 aromatic heterocycles. The molecule has 6 heteroatoms. The van der Waals surface area contributed by atoms with Crippen molar-refractivity contribution in [3.8, 4) is 17.2 Å². The van der Waals surface area contributed by atoms with Gasteiger partial charge in [0.15, 0.2) is 5.58 Å². The Morgan fingerprint density at radius 1 is 1.03 bits per heavy atom. The molecule has 0 N–H and O–H groups in total. The molecule has 0 aliphatic rings. The number of aromatic nitrogens is 1. The number of esters is 1. The average Bonchev–Trinajstić information content (AvgIpc) is 3.18. The van der Waals surface area contributed by atoms with Gasteiger partial charge in [0.2, 0.25) is 5.89 Å². The molecule has 0 spiro atoms. The van der Waals surface area contributed by atoms with Crippen LogP contribution in [0.3, 0.4) is 0 Å². The van der Waals surface area contributed by atoms with E-state index in [0.717, 1.165) is 41.3 Å². The third-order valence-electron chi connectivity index (χ3n) is 5.02. The molecule has 160 valence electrons. The van der Waals surface area contributed by atoms with Crippen molar-refractivity contribution in [2.24, 2.45) is 0 Å². The smallest absolute Gasteiger partial charge is 0.305 e. The van der Waals surface area contributed by atoms with Gasteiger partial charge < -0.3 is 13.9 Å². The average molecular weight is 438 g/mol. The number of hydrogen-bond acceptors (Lipinski definition) is 5. The van der Waals surface area contributed by atoms with Crippen LogP contribution in [0.25, 0.3) is 33.3 Å².